The molecule has 1 atom stereocenters. The fourth-order valence-corrected chi connectivity index (χ4v) is 2.34. The van der Waals surface area contributed by atoms with Crippen LogP contribution in [0.5, 0.6) is 0 Å². The molecule has 4 nitrogen and oxygen atoms in total. The molecule has 1 fully saturated rings. The highest BCUT2D eigenvalue weighted by Gasteiger charge is 2.35. The summed E-state index contributed by atoms with van der Waals surface area (Å²) in [6.45, 7) is 13.9. The molecule has 0 bridgehead atoms. The predicted octanol–water partition coefficient (Wildman–Crippen LogP) is 2.70. The van der Waals surface area contributed by atoms with E-state index in [1.54, 1.807) is 0 Å². The molecule has 1 aliphatic heterocycles. The van der Waals surface area contributed by atoms with Gasteiger partial charge in [0.1, 0.15) is 11.6 Å². The van der Waals surface area contributed by atoms with Gasteiger partial charge in [0.25, 0.3) is 0 Å². The van der Waals surface area contributed by atoms with E-state index in [-0.39, 0.29) is 0 Å². The van der Waals surface area contributed by atoms with E-state index in [1.807, 2.05) is 14.1 Å². The Morgan fingerprint density at radius 3 is 2.45 bits per heavy atom. The fraction of sp³-hybridized carbons (Fsp3) is 0.625. The van der Waals surface area contributed by atoms with E-state index >= 15 is 0 Å². The lowest BCUT2D eigenvalue weighted by Crippen LogP contribution is -2.31. The quantitative estimate of drug-likeness (QED) is 0.740. The van der Waals surface area contributed by atoms with Crippen molar-refractivity contribution < 1.29 is 0 Å². The van der Waals surface area contributed by atoms with E-state index in [4.69, 9.17) is 0 Å². The number of unbranched alkanes of at least 4 members (excludes halogenated alkanes) is 1. The van der Waals surface area contributed by atoms with Crippen molar-refractivity contribution >= 4 is 0 Å². The lowest BCUT2D eigenvalue weighted by molar-refractivity contribution is 0.299. The van der Waals surface area contributed by atoms with E-state index in [1.165, 1.54) is 18.5 Å². The molecule has 0 aliphatic carbocycles. The van der Waals surface area contributed by atoms with Crippen LogP contribution in [0.3, 0.4) is 0 Å². The van der Waals surface area contributed by atoms with Gasteiger partial charge in [0.05, 0.1) is 11.7 Å². The summed E-state index contributed by atoms with van der Waals surface area (Å²) >= 11 is 0. The number of hydrogen-bond donors (Lipinski definition) is 0. The van der Waals surface area contributed by atoms with Gasteiger partial charge in [-0.25, -0.2) is 0 Å². The molecule has 1 rings (SSSR count). The minimum absolute atomic E-state index is 0.307. The third-order valence-corrected chi connectivity index (χ3v) is 3.87. The Hall–Kier alpha value is -1.58. The summed E-state index contributed by atoms with van der Waals surface area (Å²) in [6.07, 6.45) is 4.52. The monoisotopic (exact) mass is 278 g/mol. The summed E-state index contributed by atoms with van der Waals surface area (Å²) in [5.74, 6) is 1.98. The van der Waals surface area contributed by atoms with Crippen molar-refractivity contribution in [3.05, 3.63) is 36.7 Å². The van der Waals surface area contributed by atoms with Gasteiger partial charge in [-0.1, -0.05) is 26.5 Å². The zero-order chi connectivity index (χ0) is 15.4. The van der Waals surface area contributed by atoms with Gasteiger partial charge < -0.3 is 14.7 Å². The van der Waals surface area contributed by atoms with Crippen molar-refractivity contribution in [3.63, 3.8) is 0 Å². The van der Waals surface area contributed by atoms with Crippen molar-refractivity contribution in [2.45, 2.75) is 32.7 Å². The Bertz CT molecular complexity index is 397. The Kier molecular flexibility index (Phi) is 5.54. The molecule has 1 unspecified atom stereocenters. The minimum atomic E-state index is 0.307. The smallest absolute Gasteiger partial charge is 0.107 e. The van der Waals surface area contributed by atoms with Gasteiger partial charge >= 0.3 is 0 Å². The molecule has 0 N–H and O–H groups in total. The molecule has 0 aromatic heterocycles. The zero-order valence-corrected chi connectivity index (χ0v) is 14.0. The first kappa shape index (κ1) is 16.5. The molecule has 114 valence electrons. The van der Waals surface area contributed by atoms with E-state index in [0.717, 1.165) is 18.2 Å². The van der Waals surface area contributed by atoms with Crippen LogP contribution in [0.15, 0.2) is 36.7 Å². The van der Waals surface area contributed by atoms with Crippen molar-refractivity contribution in [1.29, 1.82) is 0 Å². The van der Waals surface area contributed by atoms with Crippen molar-refractivity contribution in [1.82, 2.24) is 19.6 Å². The van der Waals surface area contributed by atoms with Crippen LogP contribution in [0.1, 0.15) is 26.7 Å². The predicted molar refractivity (Wildman–Crippen MR) is 86.7 cm³/mol. The van der Waals surface area contributed by atoms with Crippen molar-refractivity contribution in [2.24, 2.45) is 0 Å². The molecule has 1 aliphatic rings. The molecule has 0 aromatic carbocycles. The molecule has 1 saturated heterocycles. The van der Waals surface area contributed by atoms with Gasteiger partial charge in [0.2, 0.25) is 0 Å². The number of nitrogens with zero attached hydrogens (tertiary/aromatic N) is 4. The summed E-state index contributed by atoms with van der Waals surface area (Å²) in [4.78, 5) is 8.64. The lowest BCUT2D eigenvalue weighted by atomic mass is 10.2. The van der Waals surface area contributed by atoms with Gasteiger partial charge in [0.15, 0.2) is 0 Å². The summed E-state index contributed by atoms with van der Waals surface area (Å²) in [5, 5.41) is 0. The topological polar surface area (TPSA) is 13.0 Å². The fourth-order valence-electron chi connectivity index (χ4n) is 2.34. The first-order valence-corrected chi connectivity index (χ1v) is 7.31. The van der Waals surface area contributed by atoms with Crippen LogP contribution in [-0.2, 0) is 0 Å². The van der Waals surface area contributed by atoms with Crippen LogP contribution in [0, 0.1) is 0 Å². The van der Waals surface area contributed by atoms with Gasteiger partial charge in [-0.2, -0.15) is 0 Å². The summed E-state index contributed by atoms with van der Waals surface area (Å²) in [6, 6.07) is 0.307. The van der Waals surface area contributed by atoms with E-state index in [9.17, 15) is 0 Å². The molecule has 0 amide bonds. The first-order chi connectivity index (χ1) is 9.31. The summed E-state index contributed by atoms with van der Waals surface area (Å²) in [5.41, 5.74) is 1.22. The van der Waals surface area contributed by atoms with Crippen LogP contribution in [0.4, 0.5) is 0 Å². The number of likely N-dealkylation sites (N-methyl/N-ethyl adjacent to an activating group) is 1. The maximum absolute atomic E-state index is 4.27. The third-order valence-electron chi connectivity index (χ3n) is 3.87. The molecule has 0 aromatic rings. The molecule has 0 saturated carbocycles. The number of rotatable bonds is 6. The average molecular weight is 278 g/mol. The second kappa shape index (κ2) is 6.73. The minimum Gasteiger partial charge on any atom is -0.382 e. The van der Waals surface area contributed by atoms with Crippen LogP contribution in [-0.4, -0.2) is 60.4 Å². The second-order valence-electron chi connectivity index (χ2n) is 5.75. The largest absolute Gasteiger partial charge is 0.382 e. The lowest BCUT2D eigenvalue weighted by Gasteiger charge is -2.31. The van der Waals surface area contributed by atoms with Crippen molar-refractivity contribution in [3.8, 4) is 0 Å². The third kappa shape index (κ3) is 3.30. The summed E-state index contributed by atoms with van der Waals surface area (Å²) < 4.78 is 0. The summed E-state index contributed by atoms with van der Waals surface area (Å²) in [7, 11) is 8.27. The van der Waals surface area contributed by atoms with E-state index in [2.05, 4.69) is 66.9 Å². The van der Waals surface area contributed by atoms with Crippen molar-refractivity contribution in [2.75, 3.05) is 34.7 Å². The molecular weight excluding hydrogens is 248 g/mol. The highest BCUT2D eigenvalue weighted by molar-refractivity contribution is 5.29. The Morgan fingerprint density at radius 1 is 1.35 bits per heavy atom. The van der Waals surface area contributed by atoms with E-state index < -0.39 is 0 Å². The van der Waals surface area contributed by atoms with Crippen LogP contribution in [0.2, 0.25) is 0 Å². The number of hydrogen-bond acceptors (Lipinski definition) is 4. The van der Waals surface area contributed by atoms with Gasteiger partial charge in [-0.15, -0.1) is 0 Å². The molecule has 20 heavy (non-hydrogen) atoms. The average Bonchev–Trinajstić information content (AvgIpc) is 2.59. The van der Waals surface area contributed by atoms with Crippen LogP contribution < -0.4 is 0 Å². The highest BCUT2D eigenvalue weighted by Crippen LogP contribution is 2.34. The SMILES string of the molecule is C=C(N(C)CCCC)N1C(=C)N(C)C(C)/C1=C\N(C)C. The Labute approximate surface area is 124 Å². The molecule has 0 spiro atoms. The molecule has 0 radical (unpaired) electrons. The maximum atomic E-state index is 4.27. The highest BCUT2D eigenvalue weighted by atomic mass is 15.5. The molecule has 4 heteroatoms. The van der Waals surface area contributed by atoms with Gasteiger partial charge in [0, 0.05) is 40.9 Å². The van der Waals surface area contributed by atoms with Crippen LogP contribution in [0.25, 0.3) is 0 Å². The second-order valence-corrected chi connectivity index (χ2v) is 5.75. The standard InChI is InChI=1S/C16H30N4/c1-9-10-11-18(7)14(3)20-15(4)19(8)13(2)16(20)12-17(5)6/h12-13H,3-4,9-11H2,1-2,5-8H3/b16-12+. The van der Waals surface area contributed by atoms with Crippen LogP contribution >= 0.6 is 0 Å². The maximum Gasteiger partial charge on any atom is 0.107 e. The first-order valence-electron chi connectivity index (χ1n) is 7.31. The zero-order valence-electron chi connectivity index (χ0n) is 14.0. The van der Waals surface area contributed by atoms with E-state index in [0.29, 0.717) is 6.04 Å². The Morgan fingerprint density at radius 2 is 1.95 bits per heavy atom. The normalized spacial score (nSPS) is 20.8. The van der Waals surface area contributed by atoms with Gasteiger partial charge in [-0.3, -0.25) is 4.90 Å². The molecule has 1 heterocycles. The van der Waals surface area contributed by atoms with Gasteiger partial charge in [-0.05, 0) is 13.3 Å². The Balaban J connectivity index is 2.99. The molecular formula is C16H30N4.